The predicted molar refractivity (Wildman–Crippen MR) is 83.5 cm³/mol. The minimum Gasteiger partial charge on any atom is -0.199 e. The van der Waals surface area contributed by atoms with E-state index in [0.29, 0.717) is 0 Å². The van der Waals surface area contributed by atoms with E-state index < -0.39 is 20.7 Å². The van der Waals surface area contributed by atoms with Crippen LogP contribution >= 0.6 is 0 Å². The summed E-state index contributed by atoms with van der Waals surface area (Å²) in [6.07, 6.45) is 1.82. The molecule has 0 N–H and O–H groups in total. The van der Waals surface area contributed by atoms with Crippen LogP contribution in [-0.4, -0.2) is 14.7 Å². The Labute approximate surface area is 122 Å². The molecule has 2 rings (SSSR count). The van der Waals surface area contributed by atoms with E-state index in [1.165, 1.54) is 0 Å². The summed E-state index contributed by atoms with van der Waals surface area (Å²) in [6.45, 7) is 3.90. The molecule has 0 aromatic heterocycles. The van der Waals surface area contributed by atoms with Gasteiger partial charge in [-0.25, -0.2) is 0 Å². The van der Waals surface area contributed by atoms with Crippen molar-refractivity contribution in [2.24, 2.45) is 3.77 Å². The number of rotatable bonds is 3. The van der Waals surface area contributed by atoms with E-state index in [1.54, 1.807) is 24.3 Å². The molecule has 5 heteroatoms. The molecule has 20 heavy (non-hydrogen) atoms. The van der Waals surface area contributed by atoms with Crippen LogP contribution in [-0.2, 0) is 20.7 Å². The van der Waals surface area contributed by atoms with Crippen molar-refractivity contribution in [2.75, 3.05) is 6.26 Å². The van der Waals surface area contributed by atoms with E-state index in [-0.39, 0.29) is 4.90 Å². The number of nitrogens with zero attached hydrogens (tertiary/aromatic N) is 1. The molecule has 0 spiro atoms. The smallest absolute Gasteiger partial charge is 0.199 e. The predicted octanol–water partition coefficient (Wildman–Crippen LogP) is 3.48. The van der Waals surface area contributed by atoms with E-state index in [0.717, 1.165) is 16.0 Å². The Hall–Kier alpha value is -1.46. The fraction of sp³-hybridized carbons (Fsp3) is 0.200. The van der Waals surface area contributed by atoms with E-state index in [9.17, 15) is 8.42 Å². The molecule has 0 aliphatic heterocycles. The van der Waals surface area contributed by atoms with Gasteiger partial charge in [0.05, 0.1) is 4.90 Å². The lowest BCUT2D eigenvalue weighted by Gasteiger charge is -2.05. The normalized spacial score (nSPS) is 13.3. The molecule has 1 unspecified atom stereocenters. The van der Waals surface area contributed by atoms with E-state index in [4.69, 9.17) is 0 Å². The van der Waals surface area contributed by atoms with Crippen LogP contribution in [0.3, 0.4) is 0 Å². The molecule has 0 amide bonds. The molecule has 2 aromatic rings. The summed E-state index contributed by atoms with van der Waals surface area (Å²) in [7, 11) is -4.28. The van der Waals surface area contributed by atoms with Crippen LogP contribution in [0.25, 0.3) is 0 Å². The van der Waals surface area contributed by atoms with Gasteiger partial charge in [0.2, 0.25) is 0 Å². The van der Waals surface area contributed by atoms with Crippen molar-refractivity contribution in [3.63, 3.8) is 0 Å². The second-order valence-electron chi connectivity index (χ2n) is 4.66. The van der Waals surface area contributed by atoms with Crippen LogP contribution in [0.15, 0.2) is 62.1 Å². The second kappa shape index (κ2) is 5.89. The molecule has 2 aromatic carbocycles. The Balaban J connectivity index is 2.40. The first-order valence-corrected chi connectivity index (χ1v) is 9.19. The standard InChI is InChI=1S/C15H17NO2S2/c1-12-7-9-15(10-8-12)20(17,18)16-19(3)14-6-4-5-13(2)11-14/h4-11H,1-3H3. The van der Waals surface area contributed by atoms with Gasteiger partial charge < -0.3 is 0 Å². The summed E-state index contributed by atoms with van der Waals surface area (Å²) >= 11 is 0. The van der Waals surface area contributed by atoms with Crippen molar-refractivity contribution < 1.29 is 8.42 Å². The van der Waals surface area contributed by atoms with Crippen LogP contribution in [0.2, 0.25) is 0 Å². The van der Waals surface area contributed by atoms with Crippen molar-refractivity contribution in [1.29, 1.82) is 0 Å². The lowest BCUT2D eigenvalue weighted by molar-refractivity contribution is 0.598. The SMILES string of the molecule is Cc1ccc(S(=O)(=O)/N=S(\C)c2cccc(C)c2)cc1. The van der Waals surface area contributed by atoms with Gasteiger partial charge in [0, 0.05) is 4.90 Å². The minimum absolute atomic E-state index is 0.245. The average Bonchev–Trinajstić information content (AvgIpc) is 2.38. The third-order valence-electron chi connectivity index (χ3n) is 2.86. The summed E-state index contributed by atoms with van der Waals surface area (Å²) in [4.78, 5) is 1.18. The maximum atomic E-state index is 12.3. The van der Waals surface area contributed by atoms with Crippen molar-refractivity contribution in [3.05, 3.63) is 59.7 Å². The third kappa shape index (κ3) is 3.55. The maximum absolute atomic E-state index is 12.3. The summed E-state index contributed by atoms with van der Waals surface area (Å²) in [6, 6.07) is 14.5. The van der Waals surface area contributed by atoms with E-state index in [2.05, 4.69) is 3.77 Å². The van der Waals surface area contributed by atoms with Gasteiger partial charge in [0.15, 0.2) is 0 Å². The zero-order valence-corrected chi connectivity index (χ0v) is 13.3. The molecule has 0 aliphatic rings. The van der Waals surface area contributed by atoms with Crippen LogP contribution in [0, 0.1) is 13.8 Å². The number of hydrogen-bond acceptors (Lipinski definition) is 2. The molecular formula is C15H17NO2S2. The Kier molecular flexibility index (Phi) is 4.40. The molecule has 3 nitrogen and oxygen atoms in total. The second-order valence-corrected chi connectivity index (χ2v) is 8.10. The van der Waals surface area contributed by atoms with Gasteiger partial charge in [0.1, 0.15) is 0 Å². The lowest BCUT2D eigenvalue weighted by atomic mass is 10.2. The van der Waals surface area contributed by atoms with E-state index in [1.807, 2.05) is 44.4 Å². The highest BCUT2D eigenvalue weighted by molar-refractivity contribution is 7.99. The maximum Gasteiger partial charge on any atom is 0.288 e. The largest absolute Gasteiger partial charge is 0.288 e. The zero-order valence-electron chi connectivity index (χ0n) is 11.7. The highest BCUT2D eigenvalue weighted by Gasteiger charge is 2.13. The van der Waals surface area contributed by atoms with Gasteiger partial charge in [-0.1, -0.05) is 40.5 Å². The average molecular weight is 307 g/mol. The number of benzene rings is 2. The fourth-order valence-electron chi connectivity index (χ4n) is 1.74. The van der Waals surface area contributed by atoms with Gasteiger partial charge >= 0.3 is 0 Å². The molecule has 1 atom stereocenters. The molecule has 0 aliphatic carbocycles. The van der Waals surface area contributed by atoms with E-state index >= 15 is 0 Å². The van der Waals surface area contributed by atoms with Gasteiger partial charge in [-0.15, -0.1) is 3.77 Å². The molecule has 0 bridgehead atoms. The third-order valence-corrected chi connectivity index (χ3v) is 6.34. The Bertz CT molecular complexity index is 748. The van der Waals surface area contributed by atoms with Crippen LogP contribution in [0.5, 0.6) is 0 Å². The summed E-state index contributed by atoms with van der Waals surface area (Å²) < 4.78 is 28.5. The quantitative estimate of drug-likeness (QED) is 0.871. The van der Waals surface area contributed by atoms with Crippen molar-refractivity contribution in [3.8, 4) is 0 Å². The number of aryl methyl sites for hydroxylation is 2. The molecule has 0 fully saturated rings. The number of sulfonamides is 1. The van der Waals surface area contributed by atoms with Gasteiger partial charge in [-0.05, 0) is 49.9 Å². The molecule has 0 saturated carbocycles. The van der Waals surface area contributed by atoms with Crippen molar-refractivity contribution in [2.45, 2.75) is 23.6 Å². The highest BCUT2D eigenvalue weighted by Crippen LogP contribution is 2.17. The first kappa shape index (κ1) is 14.9. The number of hydrogen-bond donors (Lipinski definition) is 0. The van der Waals surface area contributed by atoms with Gasteiger partial charge in [-0.2, -0.15) is 8.42 Å². The molecular weight excluding hydrogens is 290 g/mol. The van der Waals surface area contributed by atoms with Crippen molar-refractivity contribution >= 4 is 20.7 Å². The summed E-state index contributed by atoms with van der Waals surface area (Å²) in [5.41, 5.74) is 2.13. The molecule has 0 heterocycles. The molecule has 0 radical (unpaired) electrons. The van der Waals surface area contributed by atoms with Gasteiger partial charge in [0.25, 0.3) is 10.0 Å². The lowest BCUT2D eigenvalue weighted by Crippen LogP contribution is -2.00. The first-order chi connectivity index (χ1) is 9.38. The van der Waals surface area contributed by atoms with Crippen LogP contribution in [0.4, 0.5) is 0 Å². The highest BCUT2D eigenvalue weighted by atomic mass is 32.3. The van der Waals surface area contributed by atoms with Crippen LogP contribution in [0.1, 0.15) is 11.1 Å². The summed E-state index contributed by atoms with van der Waals surface area (Å²) in [5.74, 6) is 0. The Morgan fingerprint density at radius 1 is 0.950 bits per heavy atom. The summed E-state index contributed by atoms with van der Waals surface area (Å²) in [5, 5.41) is 0. The minimum atomic E-state index is -3.60. The van der Waals surface area contributed by atoms with Gasteiger partial charge in [-0.3, -0.25) is 0 Å². The Morgan fingerprint density at radius 2 is 1.60 bits per heavy atom. The van der Waals surface area contributed by atoms with Crippen molar-refractivity contribution in [1.82, 2.24) is 0 Å². The molecule has 106 valence electrons. The molecule has 0 saturated heterocycles. The zero-order chi connectivity index (χ0) is 14.8. The Morgan fingerprint density at radius 3 is 2.20 bits per heavy atom. The first-order valence-electron chi connectivity index (χ1n) is 6.16. The topological polar surface area (TPSA) is 46.5 Å². The van der Waals surface area contributed by atoms with Crippen LogP contribution < -0.4 is 0 Å². The fourth-order valence-corrected chi connectivity index (χ4v) is 4.72. The monoisotopic (exact) mass is 307 g/mol.